The van der Waals surface area contributed by atoms with Crippen LogP contribution in [-0.2, 0) is 19.1 Å². The summed E-state index contributed by atoms with van der Waals surface area (Å²) in [6.07, 6.45) is 8.29. The van der Waals surface area contributed by atoms with Gasteiger partial charge in [-0.1, -0.05) is 12.1 Å². The summed E-state index contributed by atoms with van der Waals surface area (Å²) in [6.45, 7) is 4.84. The van der Waals surface area contributed by atoms with Crippen LogP contribution in [0.15, 0.2) is 48.7 Å². The molecule has 16 heteroatoms. The van der Waals surface area contributed by atoms with E-state index in [4.69, 9.17) is 4.74 Å². The molecule has 4 aliphatic heterocycles. The molecule has 1 saturated carbocycles. The number of nitrogens with zero attached hydrogens (tertiary/aromatic N) is 6. The van der Waals surface area contributed by atoms with Crippen molar-refractivity contribution in [3.05, 3.63) is 60.3 Å². The van der Waals surface area contributed by atoms with Gasteiger partial charge in [-0.2, -0.15) is 0 Å². The monoisotopic (exact) mass is 799 g/mol. The second kappa shape index (κ2) is 17.6. The van der Waals surface area contributed by atoms with E-state index in [1.54, 1.807) is 34.1 Å². The van der Waals surface area contributed by atoms with Gasteiger partial charge in [0.15, 0.2) is 5.82 Å². The number of aromatic nitrogens is 2. The fourth-order valence-corrected chi connectivity index (χ4v) is 8.89. The van der Waals surface area contributed by atoms with Crippen molar-refractivity contribution < 1.29 is 32.7 Å². The number of piperidine rings is 3. The molecule has 308 valence electrons. The maximum Gasteiger partial charge on any atom is 0.410 e. The summed E-state index contributed by atoms with van der Waals surface area (Å²) in [7, 11) is 0. The van der Waals surface area contributed by atoms with Crippen molar-refractivity contribution >= 4 is 46.8 Å². The first-order chi connectivity index (χ1) is 28.2. The summed E-state index contributed by atoms with van der Waals surface area (Å²) >= 11 is 0. The van der Waals surface area contributed by atoms with Crippen LogP contribution in [0.2, 0.25) is 0 Å². The Hall–Kier alpha value is -5.38. The highest BCUT2D eigenvalue weighted by Crippen LogP contribution is 2.31. The molecule has 1 aliphatic carbocycles. The topological polar surface area (TPSA) is 152 Å². The minimum atomic E-state index is -0.570. The molecular weight excluding hydrogens is 749 g/mol. The molecule has 5 aliphatic rings. The molecule has 2 aromatic carbocycles. The Morgan fingerprint density at radius 3 is 2.34 bits per heavy atom. The molecule has 1 unspecified atom stereocenters. The van der Waals surface area contributed by atoms with Gasteiger partial charge in [0, 0.05) is 87.7 Å². The molecule has 0 bridgehead atoms. The van der Waals surface area contributed by atoms with Crippen molar-refractivity contribution in [1.29, 1.82) is 0 Å². The Morgan fingerprint density at radius 2 is 1.60 bits per heavy atom. The van der Waals surface area contributed by atoms with Gasteiger partial charge in [0.05, 0.1) is 11.9 Å². The first kappa shape index (κ1) is 39.4. The van der Waals surface area contributed by atoms with Crippen LogP contribution < -0.4 is 25.8 Å². The van der Waals surface area contributed by atoms with E-state index >= 15 is 4.39 Å². The number of rotatable bonds is 9. The lowest BCUT2D eigenvalue weighted by Crippen LogP contribution is -2.54. The SMILES string of the molecule is O=C1CCC(Nc2ccc(N3CCN(C4CCN(C(=O)OC5CCC(Nc6ncc(F)c(-c7cccc(N8CCCCC8=O)c7)n6)CC5)CC4)CC3)c(F)c2)C(=O)N1. The van der Waals surface area contributed by atoms with E-state index in [2.05, 4.69) is 30.8 Å². The highest BCUT2D eigenvalue weighted by Gasteiger charge is 2.33. The third-order valence-electron chi connectivity index (χ3n) is 12.2. The maximum atomic E-state index is 15.2. The smallest absolute Gasteiger partial charge is 0.410 e. The molecule has 1 atom stereocenters. The lowest BCUT2D eigenvalue weighted by molar-refractivity contribution is -0.133. The number of imide groups is 1. The lowest BCUT2D eigenvalue weighted by Gasteiger charge is -2.43. The first-order valence-electron chi connectivity index (χ1n) is 20.7. The summed E-state index contributed by atoms with van der Waals surface area (Å²) in [5.41, 5.74) is 2.53. The number of ether oxygens (including phenoxy) is 1. The largest absolute Gasteiger partial charge is 0.446 e. The van der Waals surface area contributed by atoms with Gasteiger partial charge in [0.1, 0.15) is 23.7 Å². The predicted molar refractivity (Wildman–Crippen MR) is 214 cm³/mol. The molecular formula is C42H51F2N9O5. The number of hydrogen-bond acceptors (Lipinski definition) is 11. The van der Waals surface area contributed by atoms with E-state index in [1.165, 1.54) is 12.3 Å². The van der Waals surface area contributed by atoms with Crippen molar-refractivity contribution in [3.63, 3.8) is 0 Å². The molecule has 5 fully saturated rings. The standard InChI is InChI=1S/C42H51F2N9O5/c43-33-25-29(46-35-12-14-37(54)48-40(35)56)9-13-36(33)51-22-20-50(21-23-51)30-15-18-52(19-16-30)42(57)58-32-10-7-28(8-11-32)47-41-45-26-34(44)39(49-41)27-4-3-5-31(24-27)53-17-2-1-6-38(53)55/h3-5,9,13,24-26,28,30,32,35,46H,1-2,6-8,10-12,14-23H2,(H,45,47,49)(H,48,54,56). The summed E-state index contributed by atoms with van der Waals surface area (Å²) in [5.74, 6) is -1.16. The van der Waals surface area contributed by atoms with E-state index in [1.807, 2.05) is 17.0 Å². The Labute approximate surface area is 336 Å². The summed E-state index contributed by atoms with van der Waals surface area (Å²) in [4.78, 5) is 66.0. The molecule has 4 amide bonds. The van der Waals surface area contributed by atoms with Gasteiger partial charge >= 0.3 is 6.09 Å². The van der Waals surface area contributed by atoms with Crippen LogP contribution in [0.4, 0.5) is 36.6 Å². The second-order valence-corrected chi connectivity index (χ2v) is 16.0. The summed E-state index contributed by atoms with van der Waals surface area (Å²) in [6, 6.07) is 12.0. The Bertz CT molecular complexity index is 2000. The molecule has 14 nitrogen and oxygen atoms in total. The fraction of sp³-hybridized carbons (Fsp3) is 0.524. The van der Waals surface area contributed by atoms with Crippen LogP contribution >= 0.6 is 0 Å². The zero-order valence-corrected chi connectivity index (χ0v) is 32.6. The highest BCUT2D eigenvalue weighted by atomic mass is 19.1. The summed E-state index contributed by atoms with van der Waals surface area (Å²) < 4.78 is 36.1. The predicted octanol–water partition coefficient (Wildman–Crippen LogP) is 5.30. The molecule has 4 saturated heterocycles. The zero-order valence-electron chi connectivity index (χ0n) is 32.6. The summed E-state index contributed by atoms with van der Waals surface area (Å²) in [5, 5.41) is 8.71. The normalized spacial score (nSPS) is 23.7. The van der Waals surface area contributed by atoms with Crippen LogP contribution in [0.1, 0.15) is 70.6 Å². The Morgan fingerprint density at radius 1 is 0.810 bits per heavy atom. The van der Waals surface area contributed by atoms with E-state index in [9.17, 15) is 23.6 Å². The van der Waals surface area contributed by atoms with Crippen LogP contribution in [0.25, 0.3) is 11.3 Å². The van der Waals surface area contributed by atoms with E-state index in [-0.39, 0.29) is 48.0 Å². The van der Waals surface area contributed by atoms with Crippen molar-refractivity contribution in [3.8, 4) is 11.3 Å². The zero-order chi connectivity index (χ0) is 40.2. The number of carbonyl (C=O) groups excluding carboxylic acids is 4. The van der Waals surface area contributed by atoms with Gasteiger partial charge in [-0.25, -0.2) is 23.5 Å². The van der Waals surface area contributed by atoms with E-state index in [0.717, 1.165) is 57.3 Å². The molecule has 58 heavy (non-hydrogen) atoms. The number of likely N-dealkylation sites (tertiary alicyclic amines) is 1. The third kappa shape index (κ3) is 9.16. The number of benzene rings is 2. The molecule has 5 heterocycles. The number of piperazine rings is 1. The lowest BCUT2D eigenvalue weighted by atomic mass is 9.93. The van der Waals surface area contributed by atoms with Gasteiger partial charge in [0.25, 0.3) is 0 Å². The first-order valence-corrected chi connectivity index (χ1v) is 20.7. The molecule has 8 rings (SSSR count). The molecule has 3 aromatic rings. The minimum absolute atomic E-state index is 0.0552. The van der Waals surface area contributed by atoms with Crippen LogP contribution in [0.5, 0.6) is 0 Å². The van der Waals surface area contributed by atoms with Crippen molar-refractivity contribution in [2.24, 2.45) is 0 Å². The average molecular weight is 800 g/mol. The fourth-order valence-electron chi connectivity index (χ4n) is 8.89. The van der Waals surface area contributed by atoms with Crippen molar-refractivity contribution in [1.82, 2.24) is 25.1 Å². The number of carbonyl (C=O) groups is 4. The number of anilines is 4. The van der Waals surface area contributed by atoms with Gasteiger partial charge in [-0.05, 0) is 88.1 Å². The van der Waals surface area contributed by atoms with Gasteiger partial charge in [-0.3, -0.25) is 24.6 Å². The number of nitrogens with one attached hydrogen (secondary N) is 3. The van der Waals surface area contributed by atoms with Crippen LogP contribution in [-0.4, -0.2) is 114 Å². The van der Waals surface area contributed by atoms with E-state index in [0.29, 0.717) is 87.3 Å². The number of halogens is 2. The quantitative estimate of drug-likeness (QED) is 0.242. The highest BCUT2D eigenvalue weighted by molar-refractivity contribution is 6.01. The van der Waals surface area contributed by atoms with Crippen LogP contribution in [0, 0.1) is 11.6 Å². The average Bonchev–Trinajstić information content (AvgIpc) is 3.24. The Kier molecular flexibility index (Phi) is 12.0. The van der Waals surface area contributed by atoms with Gasteiger partial charge in [0.2, 0.25) is 23.7 Å². The molecule has 3 N–H and O–H groups in total. The number of hydrogen-bond donors (Lipinski definition) is 3. The van der Waals surface area contributed by atoms with Crippen LogP contribution in [0.3, 0.4) is 0 Å². The van der Waals surface area contributed by atoms with Gasteiger partial charge in [-0.15, -0.1) is 0 Å². The van der Waals surface area contributed by atoms with Crippen molar-refractivity contribution in [2.45, 2.75) is 94.9 Å². The third-order valence-corrected chi connectivity index (χ3v) is 12.2. The Balaban J connectivity index is 0.754. The molecule has 0 spiro atoms. The number of amides is 4. The second-order valence-electron chi connectivity index (χ2n) is 16.0. The van der Waals surface area contributed by atoms with Gasteiger partial charge < -0.3 is 30.1 Å². The minimum Gasteiger partial charge on any atom is -0.446 e. The molecule has 1 aromatic heterocycles. The maximum absolute atomic E-state index is 15.2. The van der Waals surface area contributed by atoms with E-state index < -0.39 is 17.8 Å². The molecule has 0 radical (unpaired) electrons. The van der Waals surface area contributed by atoms with Crippen molar-refractivity contribution in [2.75, 3.05) is 66.2 Å².